The molecular formula is C17H20ClN3O2. The van der Waals surface area contributed by atoms with Crippen LogP contribution in [0, 0.1) is 13.8 Å². The van der Waals surface area contributed by atoms with Crippen LogP contribution in [-0.2, 0) is 16.1 Å². The van der Waals surface area contributed by atoms with Gasteiger partial charge in [-0.1, -0.05) is 29.8 Å². The van der Waals surface area contributed by atoms with Crippen LogP contribution in [0.2, 0.25) is 5.02 Å². The summed E-state index contributed by atoms with van der Waals surface area (Å²) in [6.45, 7) is 5.77. The smallest absolute Gasteiger partial charge is 0.244 e. The van der Waals surface area contributed by atoms with Crippen molar-refractivity contribution in [2.24, 2.45) is 0 Å². The molecule has 1 fully saturated rings. The van der Waals surface area contributed by atoms with E-state index in [4.69, 9.17) is 16.3 Å². The fourth-order valence-corrected chi connectivity index (χ4v) is 3.12. The first-order chi connectivity index (χ1) is 11.0. The first-order valence-electron chi connectivity index (χ1n) is 7.69. The van der Waals surface area contributed by atoms with Crippen LogP contribution < -0.4 is 0 Å². The van der Waals surface area contributed by atoms with Crippen LogP contribution in [0.5, 0.6) is 0 Å². The van der Waals surface area contributed by atoms with Crippen molar-refractivity contribution in [3.05, 3.63) is 52.3 Å². The summed E-state index contributed by atoms with van der Waals surface area (Å²) in [7, 11) is 0. The van der Waals surface area contributed by atoms with Crippen LogP contribution in [0.15, 0.2) is 30.3 Å². The van der Waals surface area contributed by atoms with E-state index in [2.05, 4.69) is 5.10 Å². The standard InChI is InChI=1S/C17H20ClN3O2/c1-12-9-13(2)21(19-12)11-17(22)20-7-8-23-16(10-20)14-5-3-4-6-15(14)18/h3-6,9,16H,7-8,10-11H2,1-2H3/t16-/m0/s1. The molecule has 3 rings (SSSR count). The van der Waals surface area contributed by atoms with E-state index in [-0.39, 0.29) is 18.6 Å². The highest BCUT2D eigenvalue weighted by Gasteiger charge is 2.27. The van der Waals surface area contributed by atoms with Crippen molar-refractivity contribution in [2.45, 2.75) is 26.5 Å². The number of aromatic nitrogens is 2. The Balaban J connectivity index is 1.70. The second-order valence-electron chi connectivity index (χ2n) is 5.81. The maximum Gasteiger partial charge on any atom is 0.244 e. The molecule has 0 N–H and O–H groups in total. The number of carbonyl (C=O) groups is 1. The van der Waals surface area contributed by atoms with Crippen LogP contribution in [-0.4, -0.2) is 40.3 Å². The van der Waals surface area contributed by atoms with E-state index in [9.17, 15) is 4.79 Å². The maximum absolute atomic E-state index is 12.6. The molecule has 2 aromatic rings. The molecule has 1 aliphatic rings. The number of morpholine rings is 1. The molecule has 0 aliphatic carbocycles. The summed E-state index contributed by atoms with van der Waals surface area (Å²) in [6.07, 6.45) is -0.179. The summed E-state index contributed by atoms with van der Waals surface area (Å²) < 4.78 is 7.55. The molecule has 2 heterocycles. The molecule has 1 aromatic carbocycles. The van der Waals surface area contributed by atoms with E-state index in [0.29, 0.717) is 24.7 Å². The van der Waals surface area contributed by atoms with Crippen molar-refractivity contribution in [1.29, 1.82) is 0 Å². The van der Waals surface area contributed by atoms with Gasteiger partial charge >= 0.3 is 0 Å². The topological polar surface area (TPSA) is 47.4 Å². The molecular weight excluding hydrogens is 314 g/mol. The van der Waals surface area contributed by atoms with E-state index in [1.807, 2.05) is 49.1 Å². The minimum absolute atomic E-state index is 0.0524. The van der Waals surface area contributed by atoms with E-state index >= 15 is 0 Å². The van der Waals surface area contributed by atoms with Crippen molar-refractivity contribution in [3.63, 3.8) is 0 Å². The first kappa shape index (κ1) is 16.0. The lowest BCUT2D eigenvalue weighted by molar-refractivity contribution is -0.139. The Morgan fingerprint density at radius 2 is 2.17 bits per heavy atom. The zero-order valence-electron chi connectivity index (χ0n) is 13.3. The molecule has 6 heteroatoms. The molecule has 1 atom stereocenters. The molecule has 0 radical (unpaired) electrons. The third-order valence-corrected chi connectivity index (χ3v) is 4.40. The summed E-state index contributed by atoms with van der Waals surface area (Å²) >= 11 is 6.24. The molecule has 23 heavy (non-hydrogen) atoms. The highest BCUT2D eigenvalue weighted by molar-refractivity contribution is 6.31. The molecule has 122 valence electrons. The van der Waals surface area contributed by atoms with Gasteiger partial charge < -0.3 is 9.64 Å². The van der Waals surface area contributed by atoms with Crippen LogP contribution in [0.1, 0.15) is 23.1 Å². The second kappa shape index (κ2) is 6.72. The van der Waals surface area contributed by atoms with Gasteiger partial charge in [-0.15, -0.1) is 0 Å². The highest BCUT2D eigenvalue weighted by Crippen LogP contribution is 2.28. The summed E-state index contributed by atoms with van der Waals surface area (Å²) in [5.41, 5.74) is 2.84. The normalized spacial score (nSPS) is 18.2. The minimum atomic E-state index is -0.179. The van der Waals surface area contributed by atoms with Crippen LogP contribution in [0.4, 0.5) is 0 Å². The number of carbonyl (C=O) groups excluding carboxylic acids is 1. The van der Waals surface area contributed by atoms with Gasteiger partial charge in [-0.2, -0.15) is 5.10 Å². The number of ether oxygens (including phenoxy) is 1. The Labute approximate surface area is 140 Å². The minimum Gasteiger partial charge on any atom is -0.370 e. The van der Waals surface area contributed by atoms with Gasteiger partial charge in [0.1, 0.15) is 12.6 Å². The van der Waals surface area contributed by atoms with Crippen molar-refractivity contribution in [3.8, 4) is 0 Å². The predicted molar refractivity (Wildman–Crippen MR) is 88.4 cm³/mol. The number of nitrogens with zero attached hydrogens (tertiary/aromatic N) is 3. The molecule has 1 saturated heterocycles. The van der Waals surface area contributed by atoms with Gasteiger partial charge in [-0.05, 0) is 26.0 Å². The van der Waals surface area contributed by atoms with Crippen LogP contribution in [0.25, 0.3) is 0 Å². The van der Waals surface area contributed by atoms with E-state index in [1.54, 1.807) is 4.68 Å². The number of hydrogen-bond donors (Lipinski definition) is 0. The molecule has 1 aromatic heterocycles. The highest BCUT2D eigenvalue weighted by atomic mass is 35.5. The fourth-order valence-electron chi connectivity index (χ4n) is 2.86. The summed E-state index contributed by atoms with van der Waals surface area (Å²) in [5.74, 6) is 0.0524. The largest absolute Gasteiger partial charge is 0.370 e. The van der Waals surface area contributed by atoms with Crippen molar-refractivity contribution in [1.82, 2.24) is 14.7 Å². The molecule has 0 bridgehead atoms. The lowest BCUT2D eigenvalue weighted by Gasteiger charge is -2.33. The maximum atomic E-state index is 12.6. The molecule has 0 saturated carbocycles. The molecule has 0 unspecified atom stereocenters. The number of benzene rings is 1. The number of amides is 1. The lowest BCUT2D eigenvalue weighted by atomic mass is 10.1. The van der Waals surface area contributed by atoms with Crippen molar-refractivity contribution < 1.29 is 9.53 Å². The summed E-state index contributed by atoms with van der Waals surface area (Å²) in [6, 6.07) is 9.58. The number of hydrogen-bond acceptors (Lipinski definition) is 3. The van der Waals surface area contributed by atoms with Crippen LogP contribution >= 0.6 is 11.6 Å². The van der Waals surface area contributed by atoms with Crippen LogP contribution in [0.3, 0.4) is 0 Å². The van der Waals surface area contributed by atoms with Crippen molar-refractivity contribution in [2.75, 3.05) is 19.7 Å². The summed E-state index contributed by atoms with van der Waals surface area (Å²) in [5, 5.41) is 5.02. The van der Waals surface area contributed by atoms with Gasteiger partial charge in [0.2, 0.25) is 5.91 Å². The Hall–Kier alpha value is -1.85. The van der Waals surface area contributed by atoms with Gasteiger partial charge in [-0.3, -0.25) is 9.48 Å². The fraction of sp³-hybridized carbons (Fsp3) is 0.412. The molecule has 1 aliphatic heterocycles. The van der Waals surface area contributed by atoms with Gasteiger partial charge in [0.05, 0.1) is 18.8 Å². The quantitative estimate of drug-likeness (QED) is 0.867. The van der Waals surface area contributed by atoms with Gasteiger partial charge in [0.25, 0.3) is 0 Å². The second-order valence-corrected chi connectivity index (χ2v) is 6.21. The molecule has 1 amide bonds. The number of rotatable bonds is 3. The number of aryl methyl sites for hydroxylation is 2. The number of halogens is 1. The first-order valence-corrected chi connectivity index (χ1v) is 8.07. The Kier molecular flexibility index (Phi) is 4.68. The Morgan fingerprint density at radius 1 is 1.39 bits per heavy atom. The average Bonchev–Trinajstić information content (AvgIpc) is 2.85. The monoisotopic (exact) mass is 333 g/mol. The Morgan fingerprint density at radius 3 is 2.87 bits per heavy atom. The average molecular weight is 334 g/mol. The zero-order valence-corrected chi connectivity index (χ0v) is 14.1. The zero-order chi connectivity index (χ0) is 16.4. The van der Waals surface area contributed by atoms with Gasteiger partial charge in [0, 0.05) is 22.8 Å². The molecule has 0 spiro atoms. The lowest BCUT2D eigenvalue weighted by Crippen LogP contribution is -2.43. The van der Waals surface area contributed by atoms with Gasteiger partial charge in [0.15, 0.2) is 0 Å². The predicted octanol–water partition coefficient (Wildman–Crippen LogP) is 2.75. The van der Waals surface area contributed by atoms with E-state index in [0.717, 1.165) is 17.0 Å². The SMILES string of the molecule is Cc1cc(C)n(CC(=O)N2CCO[C@H](c3ccccc3Cl)C2)n1. The molecule has 5 nitrogen and oxygen atoms in total. The van der Waals surface area contributed by atoms with E-state index in [1.165, 1.54) is 0 Å². The van der Waals surface area contributed by atoms with Crippen molar-refractivity contribution >= 4 is 17.5 Å². The van der Waals surface area contributed by atoms with E-state index < -0.39 is 0 Å². The summed E-state index contributed by atoms with van der Waals surface area (Å²) in [4.78, 5) is 14.4. The Bertz CT molecular complexity index is 714. The third kappa shape index (κ3) is 3.57. The van der Waals surface area contributed by atoms with Gasteiger partial charge in [-0.25, -0.2) is 0 Å². The third-order valence-electron chi connectivity index (χ3n) is 4.06.